The van der Waals surface area contributed by atoms with Crippen LogP contribution >= 0.6 is 0 Å². The minimum absolute atomic E-state index is 0.0252. The fourth-order valence-corrected chi connectivity index (χ4v) is 5.02. The average Bonchev–Trinajstić information content (AvgIpc) is 3.70. The van der Waals surface area contributed by atoms with Crippen LogP contribution in [0.3, 0.4) is 0 Å². The highest BCUT2D eigenvalue weighted by molar-refractivity contribution is 5.89. The van der Waals surface area contributed by atoms with Crippen molar-refractivity contribution in [1.82, 2.24) is 15.1 Å². The number of carbonyl (C=O) groups excluding carboxylic acids is 3. The summed E-state index contributed by atoms with van der Waals surface area (Å²) in [6.45, 7) is 7.71. The maximum absolute atomic E-state index is 13.4. The second-order valence-electron chi connectivity index (χ2n) is 11.4. The van der Waals surface area contributed by atoms with Gasteiger partial charge < -0.3 is 24.6 Å². The van der Waals surface area contributed by atoms with Gasteiger partial charge in [0.1, 0.15) is 11.4 Å². The lowest BCUT2D eigenvalue weighted by molar-refractivity contribution is 0.0176. The van der Waals surface area contributed by atoms with Crippen LogP contribution in [0.1, 0.15) is 67.4 Å². The van der Waals surface area contributed by atoms with Crippen LogP contribution in [0, 0.1) is 11.7 Å². The first-order valence-electron chi connectivity index (χ1n) is 13.5. The first-order valence-corrected chi connectivity index (χ1v) is 13.5. The normalized spacial score (nSPS) is 19.3. The number of methoxy groups -OCH3 is 1. The largest absolute Gasteiger partial charge is 0.465 e. The van der Waals surface area contributed by atoms with E-state index >= 15 is 0 Å². The van der Waals surface area contributed by atoms with Gasteiger partial charge >= 0.3 is 18.1 Å². The summed E-state index contributed by atoms with van der Waals surface area (Å²) in [6, 6.07) is 13.3. The lowest BCUT2D eigenvalue weighted by Crippen LogP contribution is -2.47. The standard InChI is InChI=1S/C30H38FN3O5/c1-30(2,3)39-29(37)34(26-17-25(26)22-9-11-24(31)12-10-22)19-21-13-15-33(16-14-21)28(36)32-18-20-5-7-23(8-6-20)27(35)38-4/h5-12,21,25-26H,13-19H2,1-4H3,(H,32,36). The average molecular weight is 540 g/mol. The molecule has 2 fully saturated rings. The molecule has 39 heavy (non-hydrogen) atoms. The van der Waals surface area contributed by atoms with Crippen LogP contribution in [-0.4, -0.2) is 66.3 Å². The summed E-state index contributed by atoms with van der Waals surface area (Å²) in [4.78, 5) is 41.1. The molecule has 1 saturated carbocycles. The number of nitrogens with zero attached hydrogens (tertiary/aromatic N) is 2. The quantitative estimate of drug-likeness (QED) is 0.481. The van der Waals surface area contributed by atoms with Crippen molar-refractivity contribution in [2.75, 3.05) is 26.7 Å². The van der Waals surface area contributed by atoms with Gasteiger partial charge in [0.2, 0.25) is 0 Å². The number of carbonyl (C=O) groups is 3. The van der Waals surface area contributed by atoms with Gasteiger partial charge in [-0.25, -0.2) is 18.8 Å². The van der Waals surface area contributed by atoms with Crippen molar-refractivity contribution < 1.29 is 28.2 Å². The third-order valence-corrected chi connectivity index (χ3v) is 7.26. The summed E-state index contributed by atoms with van der Waals surface area (Å²) in [5, 5.41) is 2.95. The SMILES string of the molecule is COC(=O)c1ccc(CNC(=O)N2CCC(CN(C(=O)OC(C)(C)C)C3CC3c3ccc(F)cc3)CC2)cc1. The van der Waals surface area contributed by atoms with E-state index in [1.54, 1.807) is 41.3 Å². The Bertz CT molecular complexity index is 1150. The number of esters is 1. The van der Waals surface area contributed by atoms with E-state index in [1.807, 2.05) is 25.7 Å². The van der Waals surface area contributed by atoms with Crippen molar-refractivity contribution in [3.63, 3.8) is 0 Å². The molecule has 0 bridgehead atoms. The molecule has 1 N–H and O–H groups in total. The highest BCUT2D eigenvalue weighted by atomic mass is 19.1. The Labute approximate surface area is 229 Å². The molecule has 0 spiro atoms. The third kappa shape index (κ3) is 7.71. The van der Waals surface area contributed by atoms with Crippen LogP contribution in [0.4, 0.5) is 14.0 Å². The molecular formula is C30H38FN3O5. The zero-order valence-corrected chi connectivity index (χ0v) is 23.1. The van der Waals surface area contributed by atoms with Crippen molar-refractivity contribution >= 4 is 18.1 Å². The number of hydrogen-bond donors (Lipinski definition) is 1. The van der Waals surface area contributed by atoms with Crippen LogP contribution in [-0.2, 0) is 16.0 Å². The van der Waals surface area contributed by atoms with E-state index < -0.39 is 11.6 Å². The Morgan fingerprint density at radius 3 is 2.26 bits per heavy atom. The maximum atomic E-state index is 13.4. The summed E-state index contributed by atoms with van der Waals surface area (Å²) in [7, 11) is 1.34. The topological polar surface area (TPSA) is 88.2 Å². The molecule has 2 aliphatic rings. The number of hydrogen-bond acceptors (Lipinski definition) is 5. The van der Waals surface area contributed by atoms with E-state index in [2.05, 4.69) is 5.32 Å². The highest BCUT2D eigenvalue weighted by Crippen LogP contribution is 2.45. The van der Waals surface area contributed by atoms with Gasteiger partial charge in [-0.3, -0.25) is 0 Å². The summed E-state index contributed by atoms with van der Waals surface area (Å²) in [5.74, 6) is -0.244. The molecule has 1 aliphatic carbocycles. The zero-order chi connectivity index (χ0) is 28.2. The summed E-state index contributed by atoms with van der Waals surface area (Å²) in [6.07, 6.45) is 2.07. The molecule has 3 amide bonds. The van der Waals surface area contributed by atoms with E-state index in [9.17, 15) is 18.8 Å². The number of piperidine rings is 1. The van der Waals surface area contributed by atoms with Crippen LogP contribution < -0.4 is 5.32 Å². The molecule has 1 saturated heterocycles. The number of likely N-dealkylation sites (tertiary alicyclic amines) is 1. The van der Waals surface area contributed by atoms with Gasteiger partial charge in [0.05, 0.1) is 12.7 Å². The number of ether oxygens (including phenoxy) is 2. The Morgan fingerprint density at radius 1 is 1.03 bits per heavy atom. The van der Waals surface area contributed by atoms with Crippen molar-refractivity contribution in [3.05, 3.63) is 71.0 Å². The monoisotopic (exact) mass is 539 g/mol. The molecule has 0 radical (unpaired) electrons. The van der Waals surface area contributed by atoms with E-state index in [0.29, 0.717) is 31.7 Å². The van der Waals surface area contributed by atoms with Crippen molar-refractivity contribution in [2.45, 2.75) is 64.1 Å². The van der Waals surface area contributed by atoms with Gasteiger partial charge in [-0.05, 0) is 81.3 Å². The Kier molecular flexibility index (Phi) is 8.77. The molecule has 0 aromatic heterocycles. The number of halogens is 1. The molecular weight excluding hydrogens is 501 g/mol. The molecule has 8 nitrogen and oxygen atoms in total. The molecule has 1 heterocycles. The Hall–Kier alpha value is -3.62. The molecule has 4 rings (SSSR count). The number of urea groups is 1. The molecule has 9 heteroatoms. The van der Waals surface area contributed by atoms with Gasteiger partial charge in [-0.1, -0.05) is 24.3 Å². The highest BCUT2D eigenvalue weighted by Gasteiger charge is 2.46. The van der Waals surface area contributed by atoms with Gasteiger partial charge in [0, 0.05) is 38.1 Å². The minimum Gasteiger partial charge on any atom is -0.465 e. The number of amides is 3. The fraction of sp³-hybridized carbons (Fsp3) is 0.500. The summed E-state index contributed by atoms with van der Waals surface area (Å²) >= 11 is 0. The predicted octanol–water partition coefficient (Wildman–Crippen LogP) is 5.33. The second-order valence-corrected chi connectivity index (χ2v) is 11.4. The van der Waals surface area contributed by atoms with Gasteiger partial charge in [0.15, 0.2) is 0 Å². The van der Waals surface area contributed by atoms with Crippen LogP contribution in [0.15, 0.2) is 48.5 Å². The number of rotatable bonds is 7. The summed E-state index contributed by atoms with van der Waals surface area (Å²) < 4.78 is 23.8. The van der Waals surface area contributed by atoms with Crippen LogP contribution in [0.25, 0.3) is 0 Å². The minimum atomic E-state index is -0.601. The molecule has 2 aromatic carbocycles. The lowest BCUT2D eigenvalue weighted by Gasteiger charge is -2.35. The molecule has 2 atom stereocenters. The molecule has 210 valence electrons. The van der Waals surface area contributed by atoms with E-state index in [1.165, 1.54) is 19.2 Å². The smallest absolute Gasteiger partial charge is 0.410 e. The lowest BCUT2D eigenvalue weighted by atomic mass is 9.96. The summed E-state index contributed by atoms with van der Waals surface area (Å²) in [5.41, 5.74) is 1.78. The Balaban J connectivity index is 1.29. The maximum Gasteiger partial charge on any atom is 0.410 e. The van der Waals surface area contributed by atoms with Crippen molar-refractivity contribution in [3.8, 4) is 0 Å². The van der Waals surface area contributed by atoms with Gasteiger partial charge in [-0.15, -0.1) is 0 Å². The molecule has 2 aromatic rings. The first-order chi connectivity index (χ1) is 18.5. The van der Waals surface area contributed by atoms with E-state index in [0.717, 1.165) is 30.4 Å². The van der Waals surface area contributed by atoms with Gasteiger partial charge in [-0.2, -0.15) is 0 Å². The number of benzene rings is 2. The molecule has 2 unspecified atom stereocenters. The van der Waals surface area contributed by atoms with Crippen LogP contribution in [0.2, 0.25) is 0 Å². The van der Waals surface area contributed by atoms with E-state index in [4.69, 9.17) is 9.47 Å². The number of nitrogens with one attached hydrogen (secondary N) is 1. The Morgan fingerprint density at radius 2 is 1.67 bits per heavy atom. The van der Waals surface area contributed by atoms with Crippen molar-refractivity contribution in [2.24, 2.45) is 5.92 Å². The second kappa shape index (κ2) is 12.1. The van der Waals surface area contributed by atoms with Crippen LogP contribution in [0.5, 0.6) is 0 Å². The zero-order valence-electron chi connectivity index (χ0n) is 23.1. The third-order valence-electron chi connectivity index (χ3n) is 7.26. The fourth-order valence-electron chi connectivity index (χ4n) is 5.02. The molecule has 1 aliphatic heterocycles. The van der Waals surface area contributed by atoms with Gasteiger partial charge in [0.25, 0.3) is 0 Å². The first kappa shape index (κ1) is 28.4. The predicted molar refractivity (Wildman–Crippen MR) is 145 cm³/mol. The van der Waals surface area contributed by atoms with Crippen molar-refractivity contribution in [1.29, 1.82) is 0 Å². The van der Waals surface area contributed by atoms with E-state index in [-0.39, 0.29) is 35.8 Å².